The molecule has 1 aromatic heterocycles. The SMILES string of the molecule is Cc1cc(C)cc(CC(C)NC(=O)Cn2cccn2)c1. The number of hydrogen-bond donors (Lipinski definition) is 1. The molecule has 0 bridgehead atoms. The van der Waals surface area contributed by atoms with Crippen LogP contribution in [0.4, 0.5) is 0 Å². The monoisotopic (exact) mass is 271 g/mol. The summed E-state index contributed by atoms with van der Waals surface area (Å²) in [5, 5.41) is 7.03. The highest BCUT2D eigenvalue weighted by Crippen LogP contribution is 2.10. The topological polar surface area (TPSA) is 46.9 Å². The van der Waals surface area contributed by atoms with Gasteiger partial charge < -0.3 is 5.32 Å². The Hall–Kier alpha value is -2.10. The number of carbonyl (C=O) groups is 1. The van der Waals surface area contributed by atoms with Crippen LogP contribution in [0.3, 0.4) is 0 Å². The minimum absolute atomic E-state index is 0.00873. The van der Waals surface area contributed by atoms with Crippen LogP contribution in [0.2, 0.25) is 0 Å². The third-order valence-electron chi connectivity index (χ3n) is 3.10. The lowest BCUT2D eigenvalue weighted by molar-refractivity contribution is -0.122. The standard InChI is InChI=1S/C16H21N3O/c1-12-7-13(2)9-15(8-12)10-14(3)18-16(20)11-19-6-4-5-17-19/h4-9,14H,10-11H2,1-3H3,(H,18,20). The fraction of sp³-hybridized carbons (Fsp3) is 0.375. The lowest BCUT2D eigenvalue weighted by Crippen LogP contribution is -2.36. The summed E-state index contributed by atoms with van der Waals surface area (Å²) < 4.78 is 1.62. The van der Waals surface area contributed by atoms with Gasteiger partial charge in [0.1, 0.15) is 6.54 Å². The molecule has 4 nitrogen and oxygen atoms in total. The van der Waals surface area contributed by atoms with Crippen LogP contribution in [-0.2, 0) is 17.8 Å². The molecule has 2 aromatic rings. The number of rotatable bonds is 5. The molecule has 0 radical (unpaired) electrons. The molecule has 0 fully saturated rings. The largest absolute Gasteiger partial charge is 0.352 e. The maximum absolute atomic E-state index is 11.9. The number of aryl methyl sites for hydroxylation is 2. The number of hydrogen-bond acceptors (Lipinski definition) is 2. The number of amides is 1. The molecular weight excluding hydrogens is 250 g/mol. The van der Waals surface area contributed by atoms with Gasteiger partial charge in [-0.25, -0.2) is 0 Å². The highest BCUT2D eigenvalue weighted by Gasteiger charge is 2.09. The van der Waals surface area contributed by atoms with E-state index in [4.69, 9.17) is 0 Å². The normalized spacial score (nSPS) is 12.2. The first-order valence-electron chi connectivity index (χ1n) is 6.87. The Balaban J connectivity index is 1.88. The van der Waals surface area contributed by atoms with Gasteiger partial charge in [0.25, 0.3) is 0 Å². The fourth-order valence-corrected chi connectivity index (χ4v) is 2.45. The molecule has 1 N–H and O–H groups in total. The average Bonchev–Trinajstić information content (AvgIpc) is 2.79. The van der Waals surface area contributed by atoms with Gasteiger partial charge in [-0.1, -0.05) is 29.3 Å². The molecule has 0 saturated heterocycles. The first-order chi connectivity index (χ1) is 9.52. The zero-order chi connectivity index (χ0) is 14.5. The summed E-state index contributed by atoms with van der Waals surface area (Å²) in [4.78, 5) is 11.9. The Kier molecular flexibility index (Phi) is 4.56. The maximum atomic E-state index is 11.9. The molecule has 2 rings (SSSR count). The van der Waals surface area contributed by atoms with Crippen LogP contribution >= 0.6 is 0 Å². The Morgan fingerprint density at radius 1 is 1.30 bits per heavy atom. The van der Waals surface area contributed by atoms with E-state index < -0.39 is 0 Å². The summed E-state index contributed by atoms with van der Waals surface area (Å²) in [6.45, 7) is 6.48. The van der Waals surface area contributed by atoms with E-state index >= 15 is 0 Å². The molecule has 106 valence electrons. The summed E-state index contributed by atoms with van der Waals surface area (Å²) in [5.41, 5.74) is 3.78. The van der Waals surface area contributed by atoms with Crippen molar-refractivity contribution in [3.8, 4) is 0 Å². The van der Waals surface area contributed by atoms with E-state index in [9.17, 15) is 4.79 Å². The first-order valence-corrected chi connectivity index (χ1v) is 6.87. The van der Waals surface area contributed by atoms with Crippen molar-refractivity contribution in [3.05, 3.63) is 53.3 Å². The summed E-state index contributed by atoms with van der Waals surface area (Å²) in [5.74, 6) is -0.00873. The van der Waals surface area contributed by atoms with Crippen molar-refractivity contribution < 1.29 is 4.79 Å². The molecule has 1 atom stereocenters. The Labute approximate surface area is 119 Å². The van der Waals surface area contributed by atoms with Crippen LogP contribution < -0.4 is 5.32 Å². The van der Waals surface area contributed by atoms with Crippen molar-refractivity contribution in [2.45, 2.75) is 39.8 Å². The van der Waals surface area contributed by atoms with E-state index in [1.165, 1.54) is 16.7 Å². The third kappa shape index (κ3) is 4.23. The Bertz CT molecular complexity index is 555. The van der Waals surface area contributed by atoms with Crippen molar-refractivity contribution in [1.82, 2.24) is 15.1 Å². The zero-order valence-electron chi connectivity index (χ0n) is 12.3. The fourth-order valence-electron chi connectivity index (χ4n) is 2.45. The van der Waals surface area contributed by atoms with Crippen LogP contribution in [0.25, 0.3) is 0 Å². The lowest BCUT2D eigenvalue weighted by atomic mass is 10.0. The van der Waals surface area contributed by atoms with Crippen LogP contribution in [0.15, 0.2) is 36.7 Å². The van der Waals surface area contributed by atoms with Gasteiger partial charge in [0.05, 0.1) is 0 Å². The quantitative estimate of drug-likeness (QED) is 0.906. The van der Waals surface area contributed by atoms with Gasteiger partial charge >= 0.3 is 0 Å². The lowest BCUT2D eigenvalue weighted by Gasteiger charge is -2.15. The smallest absolute Gasteiger partial charge is 0.241 e. The highest BCUT2D eigenvalue weighted by molar-refractivity contribution is 5.75. The molecule has 1 amide bonds. The minimum atomic E-state index is -0.00873. The number of nitrogens with zero attached hydrogens (tertiary/aromatic N) is 2. The second-order valence-corrected chi connectivity index (χ2v) is 5.37. The number of benzene rings is 1. The Morgan fingerprint density at radius 3 is 2.60 bits per heavy atom. The molecular formula is C16H21N3O. The van der Waals surface area contributed by atoms with Crippen molar-refractivity contribution in [1.29, 1.82) is 0 Å². The molecule has 0 aliphatic rings. The van der Waals surface area contributed by atoms with Gasteiger partial charge in [0.15, 0.2) is 0 Å². The number of aromatic nitrogens is 2. The van der Waals surface area contributed by atoms with Gasteiger partial charge in [-0.05, 0) is 38.8 Å². The zero-order valence-corrected chi connectivity index (χ0v) is 12.3. The van der Waals surface area contributed by atoms with Gasteiger partial charge in [0, 0.05) is 18.4 Å². The van der Waals surface area contributed by atoms with E-state index in [0.717, 1.165) is 6.42 Å². The second-order valence-electron chi connectivity index (χ2n) is 5.37. The Morgan fingerprint density at radius 2 is 2.00 bits per heavy atom. The third-order valence-corrected chi connectivity index (χ3v) is 3.10. The second kappa shape index (κ2) is 6.37. The highest BCUT2D eigenvalue weighted by atomic mass is 16.2. The van der Waals surface area contributed by atoms with Crippen molar-refractivity contribution in [2.75, 3.05) is 0 Å². The maximum Gasteiger partial charge on any atom is 0.241 e. The van der Waals surface area contributed by atoms with Gasteiger partial charge in [0.2, 0.25) is 5.91 Å². The average molecular weight is 271 g/mol. The summed E-state index contributed by atoms with van der Waals surface area (Å²) >= 11 is 0. The molecule has 4 heteroatoms. The van der Waals surface area contributed by atoms with E-state index in [-0.39, 0.29) is 18.5 Å². The number of carbonyl (C=O) groups excluding carboxylic acids is 1. The van der Waals surface area contributed by atoms with E-state index in [2.05, 4.69) is 42.5 Å². The van der Waals surface area contributed by atoms with Gasteiger partial charge in [-0.2, -0.15) is 5.10 Å². The van der Waals surface area contributed by atoms with Crippen LogP contribution in [0, 0.1) is 13.8 Å². The number of nitrogens with one attached hydrogen (secondary N) is 1. The van der Waals surface area contributed by atoms with Crippen molar-refractivity contribution in [3.63, 3.8) is 0 Å². The summed E-state index contributed by atoms with van der Waals surface area (Å²) in [7, 11) is 0. The minimum Gasteiger partial charge on any atom is -0.352 e. The van der Waals surface area contributed by atoms with E-state index in [1.807, 2.05) is 13.0 Å². The van der Waals surface area contributed by atoms with E-state index in [1.54, 1.807) is 17.1 Å². The van der Waals surface area contributed by atoms with Crippen molar-refractivity contribution >= 4 is 5.91 Å². The molecule has 0 aliphatic carbocycles. The summed E-state index contributed by atoms with van der Waals surface area (Å²) in [6, 6.07) is 8.42. The molecule has 1 heterocycles. The molecule has 1 unspecified atom stereocenters. The van der Waals surface area contributed by atoms with Gasteiger partial charge in [-0.3, -0.25) is 9.48 Å². The van der Waals surface area contributed by atoms with Crippen LogP contribution in [0.1, 0.15) is 23.6 Å². The van der Waals surface area contributed by atoms with Crippen LogP contribution in [-0.4, -0.2) is 21.7 Å². The predicted octanol–water partition coefficient (Wildman–Crippen LogP) is 2.25. The molecule has 0 saturated carbocycles. The first kappa shape index (κ1) is 14.3. The molecule has 20 heavy (non-hydrogen) atoms. The molecule has 0 spiro atoms. The molecule has 0 aliphatic heterocycles. The predicted molar refractivity (Wildman–Crippen MR) is 79.5 cm³/mol. The molecule has 1 aromatic carbocycles. The van der Waals surface area contributed by atoms with Crippen LogP contribution in [0.5, 0.6) is 0 Å². The van der Waals surface area contributed by atoms with Crippen molar-refractivity contribution in [2.24, 2.45) is 0 Å². The summed E-state index contributed by atoms with van der Waals surface area (Å²) in [6.07, 6.45) is 4.30. The van der Waals surface area contributed by atoms with Gasteiger partial charge in [-0.15, -0.1) is 0 Å². The van der Waals surface area contributed by atoms with E-state index in [0.29, 0.717) is 0 Å².